The van der Waals surface area contributed by atoms with Crippen molar-refractivity contribution in [3.8, 4) is 0 Å². The zero-order chi connectivity index (χ0) is 17.7. The van der Waals surface area contributed by atoms with Crippen LogP contribution >= 0.6 is 0 Å². The van der Waals surface area contributed by atoms with Gasteiger partial charge in [-0.3, -0.25) is 0 Å². The summed E-state index contributed by atoms with van der Waals surface area (Å²) in [6.45, 7) is 4.27. The predicted molar refractivity (Wildman–Crippen MR) is 94.9 cm³/mol. The lowest BCUT2D eigenvalue weighted by atomic mass is 9.47. The summed E-state index contributed by atoms with van der Waals surface area (Å²) in [5.41, 5.74) is 0.264. The Bertz CT molecular complexity index is 621. The Morgan fingerprint density at radius 1 is 1.08 bits per heavy atom. The number of aliphatic hydroxyl groups excluding tert-OH is 2. The van der Waals surface area contributed by atoms with Crippen molar-refractivity contribution in [2.24, 2.45) is 34.5 Å². The molecule has 0 aromatic heterocycles. The molecule has 138 valence electrons. The summed E-state index contributed by atoms with van der Waals surface area (Å²) in [6.07, 6.45) is 14.7. The minimum atomic E-state index is -0.259. The normalized spacial score (nSPS) is 45.0. The monoisotopic (exact) mass is 346 g/mol. The Balaban J connectivity index is 1.58. The fourth-order valence-electron chi connectivity index (χ4n) is 6.44. The van der Waals surface area contributed by atoms with Crippen LogP contribution in [0.3, 0.4) is 0 Å². The minimum Gasteiger partial charge on any atom is -0.472 e. The van der Waals surface area contributed by atoms with Gasteiger partial charge in [0.25, 0.3) is 0 Å². The molecule has 4 heteroatoms. The number of aliphatic hydroxyl groups is 2. The van der Waals surface area contributed by atoms with Gasteiger partial charge in [-0.25, -0.2) is 0 Å². The number of hydrogen-bond acceptors (Lipinski definition) is 4. The third-order valence-corrected chi connectivity index (χ3v) is 7.78. The average molecular weight is 346 g/mol. The number of hydrogen-bond donors (Lipinski definition) is 2. The van der Waals surface area contributed by atoms with E-state index in [1.807, 2.05) is 0 Å². The summed E-state index contributed by atoms with van der Waals surface area (Å²) in [7, 11) is 0. The maximum Gasteiger partial charge on any atom is 0.186 e. The van der Waals surface area contributed by atoms with Gasteiger partial charge in [0, 0.05) is 5.41 Å². The minimum absolute atomic E-state index is 0.0898. The van der Waals surface area contributed by atoms with Crippen molar-refractivity contribution in [1.29, 1.82) is 0 Å². The van der Waals surface area contributed by atoms with Crippen LogP contribution in [0.2, 0.25) is 0 Å². The standard InChI is InChI=1S/C21H30O4/c1-20-9-7-15(24-12-22)11-14(20)3-4-16-17-5-6-19(25-13-23)21(17,2)10-8-18(16)20/h6-7,9,11,14,16-18,22-23H,3-5,8,10,12-13H2,1-2H3/t14?,16-,17-,18+,20-,21-/m0/s1. The van der Waals surface area contributed by atoms with E-state index in [9.17, 15) is 5.11 Å². The molecule has 0 aromatic rings. The summed E-state index contributed by atoms with van der Waals surface area (Å²) in [6, 6.07) is 0. The first-order chi connectivity index (χ1) is 12.0. The van der Waals surface area contributed by atoms with E-state index in [0.29, 0.717) is 23.7 Å². The molecule has 0 radical (unpaired) electrons. The van der Waals surface area contributed by atoms with Gasteiger partial charge >= 0.3 is 0 Å². The van der Waals surface area contributed by atoms with Crippen LogP contribution in [0.25, 0.3) is 0 Å². The maximum absolute atomic E-state index is 9.22. The SMILES string of the molecule is C[C@]12C=CC(OCO)=CC1CC[C@@H]1[C@H]2CC[C@]2(C)C(OCO)=CC[C@@H]12. The number of rotatable bonds is 4. The van der Waals surface area contributed by atoms with Crippen molar-refractivity contribution in [1.82, 2.24) is 0 Å². The van der Waals surface area contributed by atoms with Crippen LogP contribution in [0.5, 0.6) is 0 Å². The van der Waals surface area contributed by atoms with Gasteiger partial charge in [-0.1, -0.05) is 19.9 Å². The summed E-state index contributed by atoms with van der Waals surface area (Å²) in [5, 5.41) is 18.3. The largest absolute Gasteiger partial charge is 0.472 e. The molecule has 4 aliphatic carbocycles. The molecule has 4 aliphatic rings. The van der Waals surface area contributed by atoms with Crippen molar-refractivity contribution in [2.75, 3.05) is 13.6 Å². The van der Waals surface area contributed by atoms with Crippen molar-refractivity contribution >= 4 is 0 Å². The molecule has 6 atom stereocenters. The number of fused-ring (bicyclic) bond motifs is 5. The molecule has 0 aromatic carbocycles. The van der Waals surface area contributed by atoms with Crippen molar-refractivity contribution in [3.05, 3.63) is 35.8 Å². The molecule has 4 nitrogen and oxygen atoms in total. The maximum atomic E-state index is 9.22. The summed E-state index contributed by atoms with van der Waals surface area (Å²) in [4.78, 5) is 0. The third kappa shape index (κ3) is 2.48. The van der Waals surface area contributed by atoms with Crippen LogP contribution in [0.1, 0.15) is 46.0 Å². The van der Waals surface area contributed by atoms with Crippen LogP contribution in [0.15, 0.2) is 35.8 Å². The average Bonchev–Trinajstić information content (AvgIpc) is 2.93. The highest BCUT2D eigenvalue weighted by Crippen LogP contribution is 2.65. The quantitative estimate of drug-likeness (QED) is 0.762. The van der Waals surface area contributed by atoms with E-state index >= 15 is 0 Å². The first-order valence-corrected chi connectivity index (χ1v) is 9.62. The lowest BCUT2D eigenvalue weighted by Gasteiger charge is -2.57. The molecular weight excluding hydrogens is 316 g/mol. The molecule has 2 saturated carbocycles. The molecule has 4 rings (SSSR count). The number of ether oxygens (including phenoxy) is 2. The molecule has 0 saturated heterocycles. The van der Waals surface area contributed by atoms with Crippen LogP contribution in [0.4, 0.5) is 0 Å². The molecular formula is C21H30O4. The molecule has 0 bridgehead atoms. The second-order valence-electron chi connectivity index (χ2n) is 8.64. The predicted octanol–water partition coefficient (Wildman–Crippen LogP) is 3.73. The van der Waals surface area contributed by atoms with E-state index in [1.165, 1.54) is 19.3 Å². The van der Waals surface area contributed by atoms with Crippen molar-refractivity contribution in [3.63, 3.8) is 0 Å². The Hall–Kier alpha value is -1.26. The zero-order valence-electron chi connectivity index (χ0n) is 15.3. The van der Waals surface area contributed by atoms with E-state index in [-0.39, 0.29) is 24.4 Å². The van der Waals surface area contributed by atoms with Gasteiger partial charge in [-0.05, 0) is 79.4 Å². The third-order valence-electron chi connectivity index (χ3n) is 7.78. The van der Waals surface area contributed by atoms with Crippen LogP contribution < -0.4 is 0 Å². The van der Waals surface area contributed by atoms with E-state index in [4.69, 9.17) is 14.6 Å². The van der Waals surface area contributed by atoms with Gasteiger partial charge in [0.2, 0.25) is 0 Å². The van der Waals surface area contributed by atoms with Gasteiger partial charge in [-0.2, -0.15) is 0 Å². The van der Waals surface area contributed by atoms with E-state index in [2.05, 4.69) is 38.2 Å². The molecule has 2 fully saturated rings. The first-order valence-electron chi connectivity index (χ1n) is 9.62. The molecule has 1 unspecified atom stereocenters. The van der Waals surface area contributed by atoms with Gasteiger partial charge in [0.05, 0.1) is 0 Å². The molecule has 0 spiro atoms. The van der Waals surface area contributed by atoms with Gasteiger partial charge in [0.15, 0.2) is 13.6 Å². The lowest BCUT2D eigenvalue weighted by molar-refractivity contribution is -0.0744. The van der Waals surface area contributed by atoms with Gasteiger partial charge in [0.1, 0.15) is 11.5 Å². The Labute approximate surface area is 150 Å². The smallest absolute Gasteiger partial charge is 0.186 e. The van der Waals surface area contributed by atoms with Crippen molar-refractivity contribution < 1.29 is 19.7 Å². The number of allylic oxidation sites excluding steroid dienone is 5. The highest BCUT2D eigenvalue weighted by atomic mass is 16.6. The fourth-order valence-corrected chi connectivity index (χ4v) is 6.44. The van der Waals surface area contributed by atoms with Crippen LogP contribution in [-0.4, -0.2) is 23.8 Å². The summed E-state index contributed by atoms with van der Waals surface area (Å²) in [5.74, 6) is 4.32. The Morgan fingerprint density at radius 3 is 2.64 bits per heavy atom. The molecule has 2 N–H and O–H groups in total. The highest BCUT2D eigenvalue weighted by molar-refractivity contribution is 5.29. The molecule has 25 heavy (non-hydrogen) atoms. The van der Waals surface area contributed by atoms with E-state index in [1.54, 1.807) is 0 Å². The van der Waals surface area contributed by atoms with Gasteiger partial charge < -0.3 is 19.7 Å². The topological polar surface area (TPSA) is 58.9 Å². The van der Waals surface area contributed by atoms with Crippen LogP contribution in [0, 0.1) is 34.5 Å². The second kappa shape index (κ2) is 6.17. The van der Waals surface area contributed by atoms with Gasteiger partial charge in [-0.15, -0.1) is 0 Å². The molecule has 0 heterocycles. The molecule has 0 amide bonds. The van der Waals surface area contributed by atoms with Crippen LogP contribution in [-0.2, 0) is 9.47 Å². The molecule has 0 aliphatic heterocycles. The Kier molecular flexibility index (Phi) is 4.24. The van der Waals surface area contributed by atoms with E-state index in [0.717, 1.165) is 24.4 Å². The zero-order valence-corrected chi connectivity index (χ0v) is 15.3. The Morgan fingerprint density at radius 2 is 1.88 bits per heavy atom. The lowest BCUT2D eigenvalue weighted by Crippen LogP contribution is -2.51. The summed E-state index contributed by atoms with van der Waals surface area (Å²) >= 11 is 0. The highest BCUT2D eigenvalue weighted by Gasteiger charge is 2.58. The summed E-state index contributed by atoms with van der Waals surface area (Å²) < 4.78 is 10.9. The second-order valence-corrected chi connectivity index (χ2v) is 8.64. The van der Waals surface area contributed by atoms with E-state index < -0.39 is 0 Å². The van der Waals surface area contributed by atoms with Crippen molar-refractivity contribution in [2.45, 2.75) is 46.0 Å². The fraction of sp³-hybridized carbons (Fsp3) is 0.714. The first kappa shape index (κ1) is 17.2.